The molecule has 392 valence electrons. The summed E-state index contributed by atoms with van der Waals surface area (Å²) in [5.74, 6) is -2.53. The minimum absolute atomic E-state index is 0.0268. The quantitative estimate of drug-likeness (QED) is 0.0695. The van der Waals surface area contributed by atoms with E-state index >= 15 is 9.59 Å². The fraction of sp³-hybridized carbons (Fsp3) is 0.788. The Morgan fingerprint density at radius 3 is 1.64 bits per heavy atom. The Bertz CT molecular complexity index is 2000. The van der Waals surface area contributed by atoms with Crippen molar-refractivity contribution in [3.8, 4) is 0 Å². The lowest BCUT2D eigenvalue weighted by molar-refractivity contribution is -0.343. The third kappa shape index (κ3) is 9.39. The standard InChI is InChI=1S/C52H90O13Si4/c1-31(2)67(56-18,32(3)4)62-40-29-52(65-66(21)22)47(60-48(55)39-26-24-23-25-27-39)45-50(17,46(54)44(43(37(40)13)49(52,15)16)64-69(58-20,35(9)10)36(11)12)41(63-68(57-19,33(5)6)34(7)8)28-42-51(45,30-59-42)61-38(14)53/h23-27,31-36,40-42,44-45,47,66H,28-30H2,1-22H3/t40-,41-,42?,44+,45?,47-,50+,51-,52+/m0/s1. The SMILES string of the molecule is CO[Si](O[C@H]1C(=O)[C@@]2(C)C([C@H](OC(=O)c3ccccc3)[C@]3(O[SiH](C)C)C[C@H](O[Si](OC)(C(C)C)C(C)C)C(C)=C1C3(C)C)[C@]1(OC(C)=O)COC1C[C@@H]2O[Si](OC)(C(C)C)C(C)C)(C(C)C)C(C)C. The second-order valence-corrected chi connectivity index (χ2v) is 38.8. The maximum absolute atomic E-state index is 17.4. The fourth-order valence-electron chi connectivity index (χ4n) is 13.7. The van der Waals surface area contributed by atoms with Crippen LogP contribution in [0.1, 0.15) is 141 Å². The fourth-order valence-corrected chi connectivity index (χ4v) is 25.9. The predicted molar refractivity (Wildman–Crippen MR) is 278 cm³/mol. The Morgan fingerprint density at radius 1 is 0.739 bits per heavy atom. The molecular weight excluding hydrogens is 945 g/mol. The Balaban J connectivity index is 2.09. The largest absolute Gasteiger partial charge is 0.455 e. The zero-order valence-corrected chi connectivity index (χ0v) is 50.5. The van der Waals surface area contributed by atoms with Gasteiger partial charge in [0.25, 0.3) is 0 Å². The molecule has 0 spiro atoms. The van der Waals surface area contributed by atoms with E-state index in [1.54, 1.807) is 45.6 Å². The number of carbonyl (C=O) groups excluding carboxylic acids is 3. The van der Waals surface area contributed by atoms with Gasteiger partial charge in [-0.15, -0.1) is 0 Å². The first-order valence-corrected chi connectivity index (χ1v) is 34.3. The van der Waals surface area contributed by atoms with E-state index in [2.05, 4.69) is 117 Å². The highest BCUT2D eigenvalue weighted by Crippen LogP contribution is 2.67. The van der Waals surface area contributed by atoms with E-state index < -0.39 is 105 Å². The van der Waals surface area contributed by atoms with Crippen molar-refractivity contribution in [2.45, 2.75) is 219 Å². The summed E-state index contributed by atoms with van der Waals surface area (Å²) in [5, 5.41) is 0. The van der Waals surface area contributed by atoms with Gasteiger partial charge in [-0.05, 0) is 83.5 Å². The van der Waals surface area contributed by atoms with Crippen LogP contribution in [0.5, 0.6) is 0 Å². The van der Waals surface area contributed by atoms with Crippen LogP contribution < -0.4 is 0 Å². The van der Waals surface area contributed by atoms with Crippen LogP contribution in [-0.2, 0) is 54.8 Å². The van der Waals surface area contributed by atoms with Gasteiger partial charge in [0, 0.05) is 46.5 Å². The lowest BCUT2D eigenvalue weighted by atomic mass is 9.44. The predicted octanol–water partition coefficient (Wildman–Crippen LogP) is 10.9. The van der Waals surface area contributed by atoms with Crippen LogP contribution in [0.3, 0.4) is 0 Å². The highest BCUT2D eigenvalue weighted by Gasteiger charge is 2.80. The maximum Gasteiger partial charge on any atom is 0.344 e. The zero-order valence-electron chi connectivity index (χ0n) is 46.3. The van der Waals surface area contributed by atoms with Crippen molar-refractivity contribution in [2.24, 2.45) is 16.7 Å². The molecule has 5 rings (SSSR count). The molecule has 3 aliphatic carbocycles. The number of carbonyl (C=O) groups is 3. The minimum atomic E-state index is -3.35. The molecule has 3 fully saturated rings. The lowest BCUT2D eigenvalue weighted by Gasteiger charge is -2.69. The molecule has 0 aromatic heterocycles. The van der Waals surface area contributed by atoms with Crippen LogP contribution >= 0.6 is 0 Å². The third-order valence-electron chi connectivity index (χ3n) is 17.0. The summed E-state index contributed by atoms with van der Waals surface area (Å²) in [6, 6.07) is 8.89. The highest BCUT2D eigenvalue weighted by atomic mass is 28.4. The van der Waals surface area contributed by atoms with E-state index in [0.717, 1.165) is 5.57 Å². The minimum Gasteiger partial charge on any atom is -0.455 e. The molecule has 17 heteroatoms. The van der Waals surface area contributed by atoms with Gasteiger partial charge in [-0.25, -0.2) is 4.79 Å². The van der Waals surface area contributed by atoms with Crippen molar-refractivity contribution in [1.29, 1.82) is 0 Å². The molecule has 69 heavy (non-hydrogen) atoms. The van der Waals surface area contributed by atoms with E-state index in [4.69, 9.17) is 45.2 Å². The molecule has 0 N–H and O–H groups in total. The zero-order chi connectivity index (χ0) is 52.2. The lowest BCUT2D eigenvalue weighted by Crippen LogP contribution is -2.83. The van der Waals surface area contributed by atoms with E-state index in [1.165, 1.54) is 6.92 Å². The first-order valence-electron chi connectivity index (χ1n) is 25.6. The van der Waals surface area contributed by atoms with E-state index in [9.17, 15) is 4.79 Å². The molecule has 0 radical (unpaired) electrons. The van der Waals surface area contributed by atoms with Gasteiger partial charge in [-0.1, -0.05) is 115 Å². The Kier molecular flexibility index (Phi) is 17.8. The topological polar surface area (TPSA) is 144 Å². The molecule has 2 saturated carbocycles. The number of fused-ring (bicyclic) bond motifs is 5. The highest BCUT2D eigenvalue weighted by molar-refractivity contribution is 6.71. The summed E-state index contributed by atoms with van der Waals surface area (Å²) in [6.07, 6.45) is -4.38. The number of hydrogen-bond acceptors (Lipinski definition) is 13. The second-order valence-electron chi connectivity index (χ2n) is 23.3. The van der Waals surface area contributed by atoms with Crippen molar-refractivity contribution >= 4 is 52.4 Å². The Labute approximate surface area is 420 Å². The van der Waals surface area contributed by atoms with Crippen LogP contribution in [0.4, 0.5) is 0 Å². The molecule has 1 heterocycles. The normalized spacial score (nSPS) is 30.8. The second kappa shape index (κ2) is 21.2. The molecule has 4 aliphatic rings. The third-order valence-corrected chi connectivity index (χ3v) is 31.4. The summed E-state index contributed by atoms with van der Waals surface area (Å²) in [4.78, 5) is 46.5. The van der Waals surface area contributed by atoms with Crippen molar-refractivity contribution in [1.82, 2.24) is 0 Å². The van der Waals surface area contributed by atoms with Crippen LogP contribution in [-0.4, -0.2) is 122 Å². The van der Waals surface area contributed by atoms with Crippen molar-refractivity contribution in [3.05, 3.63) is 47.0 Å². The average Bonchev–Trinajstić information content (AvgIpc) is 3.25. The summed E-state index contributed by atoms with van der Waals surface area (Å²) in [7, 11) is -6.73. The van der Waals surface area contributed by atoms with Crippen LogP contribution in [0.2, 0.25) is 46.3 Å². The molecule has 0 amide bonds. The van der Waals surface area contributed by atoms with Crippen LogP contribution in [0.25, 0.3) is 0 Å². The number of esters is 2. The van der Waals surface area contributed by atoms with Gasteiger partial charge in [-0.2, -0.15) is 0 Å². The van der Waals surface area contributed by atoms with Gasteiger partial charge in [0.2, 0.25) is 0 Å². The molecular formula is C52H90O13Si4. The smallest absolute Gasteiger partial charge is 0.344 e. The van der Waals surface area contributed by atoms with E-state index in [-0.39, 0.29) is 58.5 Å². The van der Waals surface area contributed by atoms with Gasteiger partial charge >= 0.3 is 37.6 Å². The first-order chi connectivity index (χ1) is 31.9. The summed E-state index contributed by atoms with van der Waals surface area (Å²) >= 11 is 0. The number of ether oxygens (including phenoxy) is 3. The molecule has 2 bridgehead atoms. The monoisotopic (exact) mass is 1030 g/mol. The van der Waals surface area contributed by atoms with E-state index in [1.807, 2.05) is 13.0 Å². The van der Waals surface area contributed by atoms with Crippen molar-refractivity contribution in [2.75, 3.05) is 27.9 Å². The molecule has 9 atom stereocenters. The maximum atomic E-state index is 17.4. The number of hydrogen-bond donors (Lipinski definition) is 0. The molecule has 1 aromatic rings. The summed E-state index contributed by atoms with van der Waals surface area (Å²) < 4.78 is 71.4. The van der Waals surface area contributed by atoms with Gasteiger partial charge in [0.15, 0.2) is 20.4 Å². The number of Topliss-reactive ketones (excluding diaryl/α,β-unsaturated/α-hetero) is 1. The van der Waals surface area contributed by atoms with Gasteiger partial charge in [0.05, 0.1) is 35.7 Å². The van der Waals surface area contributed by atoms with Crippen molar-refractivity contribution < 1.29 is 59.6 Å². The van der Waals surface area contributed by atoms with Gasteiger partial charge < -0.3 is 45.2 Å². The molecule has 1 saturated heterocycles. The van der Waals surface area contributed by atoms with Crippen molar-refractivity contribution in [3.63, 3.8) is 0 Å². The molecule has 1 aliphatic heterocycles. The average molecular weight is 1040 g/mol. The Hall–Kier alpha value is -1.88. The van der Waals surface area contributed by atoms with Gasteiger partial charge in [0.1, 0.15) is 23.9 Å². The number of ketones is 1. The summed E-state index contributed by atoms with van der Waals surface area (Å²) in [5.41, 5.74) is -3.98. The first kappa shape index (κ1) is 58.0. The number of benzene rings is 1. The number of rotatable bonds is 20. The van der Waals surface area contributed by atoms with Crippen LogP contribution in [0, 0.1) is 16.7 Å². The molecule has 1 aromatic carbocycles. The summed E-state index contributed by atoms with van der Waals surface area (Å²) in [6.45, 7) is 39.2. The molecule has 13 nitrogen and oxygen atoms in total. The van der Waals surface area contributed by atoms with E-state index in [0.29, 0.717) is 11.1 Å². The Morgan fingerprint density at radius 2 is 1.22 bits per heavy atom. The van der Waals surface area contributed by atoms with Gasteiger partial charge in [-0.3, -0.25) is 9.59 Å². The molecule has 2 unspecified atom stereocenters. The van der Waals surface area contributed by atoms with Crippen LogP contribution in [0.15, 0.2) is 41.5 Å².